The van der Waals surface area contributed by atoms with E-state index in [2.05, 4.69) is 15.5 Å². The molecule has 0 unspecified atom stereocenters. The number of aromatic nitrogens is 1. The van der Waals surface area contributed by atoms with E-state index in [4.69, 9.17) is 4.42 Å². The van der Waals surface area contributed by atoms with Gasteiger partial charge in [-0.1, -0.05) is 36.0 Å². The molecule has 0 fully saturated rings. The molecule has 24 heavy (non-hydrogen) atoms. The lowest BCUT2D eigenvalue weighted by Crippen LogP contribution is -2.21. The van der Waals surface area contributed by atoms with Gasteiger partial charge in [-0.25, -0.2) is 14.8 Å². The fourth-order valence-corrected chi connectivity index (χ4v) is 2.60. The summed E-state index contributed by atoms with van der Waals surface area (Å²) in [6, 6.07) is 13.3. The van der Waals surface area contributed by atoms with Crippen molar-refractivity contribution in [3.8, 4) is 0 Å². The second-order valence-electron chi connectivity index (χ2n) is 4.98. The number of oxazole rings is 1. The van der Waals surface area contributed by atoms with Crippen LogP contribution in [0.1, 0.15) is 12.5 Å². The van der Waals surface area contributed by atoms with Crippen LogP contribution in [0.25, 0.3) is 11.1 Å². The van der Waals surface area contributed by atoms with Gasteiger partial charge in [0, 0.05) is 0 Å². The highest BCUT2D eigenvalue weighted by Gasteiger charge is 2.09. The van der Waals surface area contributed by atoms with Gasteiger partial charge in [-0.3, -0.25) is 4.79 Å². The van der Waals surface area contributed by atoms with Crippen molar-refractivity contribution in [2.24, 2.45) is 5.10 Å². The maximum atomic E-state index is 12.9. The normalized spacial score (nSPS) is 11.7. The minimum Gasteiger partial charge on any atom is -0.431 e. The van der Waals surface area contributed by atoms with Crippen LogP contribution in [0.15, 0.2) is 63.3 Å². The Morgan fingerprint density at radius 3 is 2.75 bits per heavy atom. The predicted molar refractivity (Wildman–Crippen MR) is 91.5 cm³/mol. The van der Waals surface area contributed by atoms with E-state index < -0.39 is 0 Å². The number of nitrogens with zero attached hydrogens (tertiary/aromatic N) is 2. The standard InChI is InChI=1S/C17H14FN3O2S/c1-11(12-6-8-13(18)9-7-12)20-21-16(22)10-24-17-19-14-4-2-3-5-15(14)23-17/h2-9H,10H2,1H3,(H,21,22). The third kappa shape index (κ3) is 3.99. The summed E-state index contributed by atoms with van der Waals surface area (Å²) < 4.78 is 18.4. The van der Waals surface area contributed by atoms with Crippen LogP contribution in [-0.2, 0) is 4.79 Å². The molecule has 5 nitrogen and oxygen atoms in total. The number of thioether (sulfide) groups is 1. The first kappa shape index (κ1) is 16.2. The monoisotopic (exact) mass is 343 g/mol. The molecule has 2 aromatic carbocycles. The lowest BCUT2D eigenvalue weighted by molar-refractivity contribution is -0.118. The van der Waals surface area contributed by atoms with Crippen LogP contribution in [-0.4, -0.2) is 22.4 Å². The number of hydrogen-bond donors (Lipinski definition) is 1. The van der Waals surface area contributed by atoms with Crippen LogP contribution in [0.2, 0.25) is 0 Å². The van der Waals surface area contributed by atoms with Crippen molar-refractivity contribution in [2.45, 2.75) is 12.1 Å². The van der Waals surface area contributed by atoms with Gasteiger partial charge >= 0.3 is 0 Å². The van der Waals surface area contributed by atoms with Crippen molar-refractivity contribution in [1.29, 1.82) is 0 Å². The zero-order valence-electron chi connectivity index (χ0n) is 12.8. The van der Waals surface area contributed by atoms with Gasteiger partial charge in [-0.05, 0) is 36.8 Å². The van der Waals surface area contributed by atoms with Crippen LogP contribution < -0.4 is 5.43 Å². The van der Waals surface area contributed by atoms with Crippen molar-refractivity contribution in [3.05, 3.63) is 59.9 Å². The molecule has 3 aromatic rings. The summed E-state index contributed by atoms with van der Waals surface area (Å²) in [7, 11) is 0. The molecule has 0 saturated carbocycles. The number of nitrogens with one attached hydrogen (secondary N) is 1. The van der Waals surface area contributed by atoms with E-state index in [1.165, 1.54) is 23.9 Å². The SMILES string of the molecule is CC(=NNC(=O)CSc1nc2ccccc2o1)c1ccc(F)cc1. The minimum atomic E-state index is -0.315. The van der Waals surface area contributed by atoms with Crippen molar-refractivity contribution in [2.75, 3.05) is 5.75 Å². The summed E-state index contributed by atoms with van der Waals surface area (Å²) >= 11 is 1.20. The maximum Gasteiger partial charge on any atom is 0.257 e. The van der Waals surface area contributed by atoms with Gasteiger partial charge in [0.05, 0.1) is 11.5 Å². The van der Waals surface area contributed by atoms with E-state index in [1.807, 2.05) is 24.3 Å². The van der Waals surface area contributed by atoms with Gasteiger partial charge in [-0.2, -0.15) is 5.10 Å². The molecule has 0 aliphatic carbocycles. The molecular weight excluding hydrogens is 329 g/mol. The van der Waals surface area contributed by atoms with Gasteiger partial charge in [0.15, 0.2) is 5.58 Å². The topological polar surface area (TPSA) is 67.5 Å². The van der Waals surface area contributed by atoms with Crippen LogP contribution in [0.3, 0.4) is 0 Å². The highest BCUT2D eigenvalue weighted by molar-refractivity contribution is 7.99. The third-order valence-electron chi connectivity index (χ3n) is 3.21. The lowest BCUT2D eigenvalue weighted by atomic mass is 10.1. The van der Waals surface area contributed by atoms with E-state index in [9.17, 15) is 9.18 Å². The van der Waals surface area contributed by atoms with Crippen molar-refractivity contribution in [3.63, 3.8) is 0 Å². The molecule has 0 aliphatic heterocycles. The number of hydrazone groups is 1. The zero-order valence-corrected chi connectivity index (χ0v) is 13.6. The largest absolute Gasteiger partial charge is 0.431 e. The number of carbonyl (C=O) groups is 1. The molecule has 0 aliphatic rings. The molecule has 0 atom stereocenters. The van der Waals surface area contributed by atoms with Gasteiger partial charge in [-0.15, -0.1) is 0 Å². The van der Waals surface area contributed by atoms with E-state index in [-0.39, 0.29) is 17.5 Å². The quantitative estimate of drug-likeness (QED) is 0.437. The summed E-state index contributed by atoms with van der Waals surface area (Å²) in [5.74, 6) is -0.457. The number of para-hydroxylation sites is 2. The summed E-state index contributed by atoms with van der Waals surface area (Å²) in [6.07, 6.45) is 0. The molecule has 0 saturated heterocycles. The molecule has 1 amide bonds. The van der Waals surface area contributed by atoms with Crippen LogP contribution in [0.4, 0.5) is 4.39 Å². The van der Waals surface area contributed by atoms with Gasteiger partial charge < -0.3 is 4.42 Å². The highest BCUT2D eigenvalue weighted by atomic mass is 32.2. The van der Waals surface area contributed by atoms with E-state index in [0.717, 1.165) is 11.1 Å². The average Bonchev–Trinajstić information content (AvgIpc) is 3.01. The first-order valence-electron chi connectivity index (χ1n) is 7.19. The Labute approximate surface area is 142 Å². The number of hydrogen-bond acceptors (Lipinski definition) is 5. The Bertz CT molecular complexity index is 857. The Hall–Kier alpha value is -2.67. The molecule has 3 rings (SSSR count). The molecule has 7 heteroatoms. The predicted octanol–water partition coefficient (Wildman–Crippen LogP) is 3.60. The van der Waals surface area contributed by atoms with Crippen molar-refractivity contribution in [1.82, 2.24) is 10.4 Å². The number of carbonyl (C=O) groups excluding carboxylic acids is 1. The molecule has 1 heterocycles. The van der Waals surface area contributed by atoms with E-state index in [0.29, 0.717) is 16.5 Å². The molecule has 1 N–H and O–H groups in total. The molecule has 122 valence electrons. The maximum absolute atomic E-state index is 12.9. The van der Waals surface area contributed by atoms with Crippen molar-refractivity contribution >= 4 is 34.5 Å². The van der Waals surface area contributed by atoms with Gasteiger partial charge in [0.1, 0.15) is 11.3 Å². The third-order valence-corrected chi connectivity index (χ3v) is 4.04. The summed E-state index contributed by atoms with van der Waals surface area (Å²) in [4.78, 5) is 16.1. The van der Waals surface area contributed by atoms with Crippen LogP contribution in [0, 0.1) is 5.82 Å². The van der Waals surface area contributed by atoms with E-state index in [1.54, 1.807) is 19.1 Å². The second-order valence-corrected chi connectivity index (χ2v) is 5.90. The molecule has 0 radical (unpaired) electrons. The fourth-order valence-electron chi connectivity index (χ4n) is 1.97. The zero-order chi connectivity index (χ0) is 16.9. The van der Waals surface area contributed by atoms with Crippen LogP contribution in [0.5, 0.6) is 0 Å². The minimum absolute atomic E-state index is 0.132. The summed E-state index contributed by atoms with van der Waals surface area (Å²) in [5, 5.41) is 4.45. The molecular formula is C17H14FN3O2S. The van der Waals surface area contributed by atoms with Gasteiger partial charge in [0.25, 0.3) is 11.1 Å². The first-order valence-corrected chi connectivity index (χ1v) is 8.18. The smallest absolute Gasteiger partial charge is 0.257 e. The van der Waals surface area contributed by atoms with Crippen LogP contribution >= 0.6 is 11.8 Å². The molecule has 0 bridgehead atoms. The summed E-state index contributed by atoms with van der Waals surface area (Å²) in [5.41, 5.74) is 5.24. The molecule has 1 aromatic heterocycles. The summed E-state index contributed by atoms with van der Waals surface area (Å²) in [6.45, 7) is 1.74. The number of amides is 1. The number of halogens is 1. The van der Waals surface area contributed by atoms with Gasteiger partial charge in [0.2, 0.25) is 0 Å². The second kappa shape index (κ2) is 7.27. The number of rotatable bonds is 5. The number of benzene rings is 2. The Morgan fingerprint density at radius 1 is 1.25 bits per heavy atom. The Kier molecular flexibility index (Phi) is 4.90. The Morgan fingerprint density at radius 2 is 2.00 bits per heavy atom. The lowest BCUT2D eigenvalue weighted by Gasteiger charge is -2.02. The van der Waals surface area contributed by atoms with E-state index >= 15 is 0 Å². The number of fused-ring (bicyclic) bond motifs is 1. The first-order chi connectivity index (χ1) is 11.6. The fraction of sp³-hybridized carbons (Fsp3) is 0.118. The average molecular weight is 343 g/mol. The molecule has 0 spiro atoms. The highest BCUT2D eigenvalue weighted by Crippen LogP contribution is 2.22. The van der Waals surface area contributed by atoms with Crippen molar-refractivity contribution < 1.29 is 13.6 Å². The Balaban J connectivity index is 1.55.